The Morgan fingerprint density at radius 1 is 1.00 bits per heavy atom. The summed E-state index contributed by atoms with van der Waals surface area (Å²) in [5, 5.41) is 2.88. The van der Waals surface area contributed by atoms with Gasteiger partial charge in [0.1, 0.15) is 5.75 Å². The summed E-state index contributed by atoms with van der Waals surface area (Å²) < 4.78 is 5.29. The third-order valence-electron chi connectivity index (χ3n) is 6.52. The molecule has 1 fully saturated rings. The highest BCUT2D eigenvalue weighted by molar-refractivity contribution is 5.95. The van der Waals surface area contributed by atoms with Gasteiger partial charge in [-0.15, -0.1) is 0 Å². The first-order valence-electron chi connectivity index (χ1n) is 11.4. The minimum absolute atomic E-state index is 0.0199. The number of carbonyl (C=O) groups excluding carboxylic acids is 2. The summed E-state index contributed by atoms with van der Waals surface area (Å²) in [5.74, 6) is 0.555. The maximum Gasteiger partial charge on any atom is 0.254 e. The lowest BCUT2D eigenvalue weighted by atomic mass is 9.73. The van der Waals surface area contributed by atoms with E-state index in [4.69, 9.17) is 4.74 Å². The fraction of sp³-hybridized carbons (Fsp3) is 0.286. The van der Waals surface area contributed by atoms with Crippen molar-refractivity contribution in [3.63, 3.8) is 0 Å². The first-order valence-corrected chi connectivity index (χ1v) is 11.4. The van der Waals surface area contributed by atoms with Crippen molar-refractivity contribution in [2.75, 3.05) is 27.2 Å². The van der Waals surface area contributed by atoms with Gasteiger partial charge in [0, 0.05) is 25.7 Å². The molecule has 33 heavy (non-hydrogen) atoms. The number of nitrogens with one attached hydrogen (secondary N) is 1. The van der Waals surface area contributed by atoms with Gasteiger partial charge in [-0.3, -0.25) is 9.59 Å². The van der Waals surface area contributed by atoms with Crippen LogP contribution in [0.3, 0.4) is 0 Å². The van der Waals surface area contributed by atoms with Crippen LogP contribution in [0.2, 0.25) is 0 Å². The molecule has 1 N–H and O–H groups in total. The van der Waals surface area contributed by atoms with Crippen LogP contribution < -0.4 is 10.1 Å². The van der Waals surface area contributed by atoms with Crippen LogP contribution in [-0.4, -0.2) is 44.0 Å². The first kappa shape index (κ1) is 22.6. The Bertz CT molecular complexity index is 1130. The van der Waals surface area contributed by atoms with Crippen LogP contribution in [0.1, 0.15) is 28.8 Å². The number of likely N-dealkylation sites (tertiary alicyclic amines) is 1. The molecule has 2 amide bonds. The number of amides is 2. The minimum Gasteiger partial charge on any atom is -0.497 e. The van der Waals surface area contributed by atoms with Crippen LogP contribution in [-0.2, 0) is 11.2 Å². The smallest absolute Gasteiger partial charge is 0.254 e. The highest BCUT2D eigenvalue weighted by Gasteiger charge is 2.43. The molecule has 1 atom stereocenters. The van der Waals surface area contributed by atoms with E-state index in [0.717, 1.165) is 29.5 Å². The van der Waals surface area contributed by atoms with Gasteiger partial charge in [0.15, 0.2) is 0 Å². The molecular weight excluding hydrogens is 412 g/mol. The van der Waals surface area contributed by atoms with Crippen molar-refractivity contribution in [2.24, 2.45) is 5.41 Å². The van der Waals surface area contributed by atoms with E-state index in [2.05, 4.69) is 29.6 Å². The predicted octanol–water partition coefficient (Wildman–Crippen LogP) is 4.57. The SMILES string of the molecule is CNC(=O)[C@]1(Cc2ccccc2-c2ccccc2)CCCN(C(=O)c2cccc(OC)c2)C1. The summed E-state index contributed by atoms with van der Waals surface area (Å²) in [6.07, 6.45) is 2.08. The predicted molar refractivity (Wildman–Crippen MR) is 130 cm³/mol. The third kappa shape index (κ3) is 4.77. The van der Waals surface area contributed by atoms with E-state index in [9.17, 15) is 9.59 Å². The molecule has 0 aliphatic carbocycles. The van der Waals surface area contributed by atoms with Gasteiger partial charge < -0.3 is 15.0 Å². The lowest BCUT2D eigenvalue weighted by molar-refractivity contribution is -0.133. The van der Waals surface area contributed by atoms with Crippen molar-refractivity contribution >= 4 is 11.8 Å². The molecule has 170 valence electrons. The Kier molecular flexibility index (Phi) is 6.78. The molecule has 3 aromatic rings. The van der Waals surface area contributed by atoms with Crippen molar-refractivity contribution in [1.29, 1.82) is 0 Å². The van der Waals surface area contributed by atoms with E-state index in [-0.39, 0.29) is 11.8 Å². The number of hydrogen-bond donors (Lipinski definition) is 1. The van der Waals surface area contributed by atoms with E-state index in [1.807, 2.05) is 47.4 Å². The number of rotatable bonds is 6. The summed E-state index contributed by atoms with van der Waals surface area (Å²) in [5.41, 5.74) is 3.25. The minimum atomic E-state index is -0.688. The van der Waals surface area contributed by atoms with Crippen LogP contribution in [0.5, 0.6) is 5.75 Å². The topological polar surface area (TPSA) is 58.6 Å². The Hall–Kier alpha value is -3.60. The molecule has 0 bridgehead atoms. The zero-order chi connectivity index (χ0) is 23.3. The quantitative estimate of drug-likeness (QED) is 0.608. The molecule has 0 aromatic heterocycles. The average Bonchev–Trinajstić information content (AvgIpc) is 2.88. The van der Waals surface area contributed by atoms with Gasteiger partial charge in [0.25, 0.3) is 5.91 Å². The lowest BCUT2D eigenvalue weighted by Gasteiger charge is -2.42. The average molecular weight is 443 g/mol. The van der Waals surface area contributed by atoms with E-state index in [0.29, 0.717) is 30.8 Å². The fourth-order valence-electron chi connectivity index (χ4n) is 4.86. The van der Waals surface area contributed by atoms with Gasteiger partial charge >= 0.3 is 0 Å². The van der Waals surface area contributed by atoms with Crippen LogP contribution in [0.15, 0.2) is 78.9 Å². The zero-order valence-corrected chi connectivity index (χ0v) is 19.2. The number of ether oxygens (including phenoxy) is 1. The number of methoxy groups -OCH3 is 1. The summed E-state index contributed by atoms with van der Waals surface area (Å²) in [6, 6.07) is 25.7. The zero-order valence-electron chi connectivity index (χ0n) is 19.2. The van der Waals surface area contributed by atoms with E-state index < -0.39 is 5.41 Å². The van der Waals surface area contributed by atoms with E-state index in [1.54, 1.807) is 26.3 Å². The van der Waals surface area contributed by atoms with Crippen LogP contribution in [0, 0.1) is 5.41 Å². The summed E-state index contributed by atoms with van der Waals surface area (Å²) >= 11 is 0. The van der Waals surface area contributed by atoms with Gasteiger partial charge in [-0.05, 0) is 54.2 Å². The number of carbonyl (C=O) groups is 2. The molecular formula is C28H30N2O3. The van der Waals surface area contributed by atoms with E-state index >= 15 is 0 Å². The molecule has 3 aromatic carbocycles. The maximum atomic E-state index is 13.3. The molecule has 0 unspecified atom stereocenters. The second-order valence-corrected chi connectivity index (χ2v) is 8.62. The first-order chi connectivity index (χ1) is 16.1. The second kappa shape index (κ2) is 9.90. The molecule has 0 radical (unpaired) electrons. The molecule has 1 heterocycles. The summed E-state index contributed by atoms with van der Waals surface area (Å²) in [7, 11) is 3.27. The molecule has 0 spiro atoms. The highest BCUT2D eigenvalue weighted by Crippen LogP contribution is 2.37. The van der Waals surface area contributed by atoms with Crippen molar-refractivity contribution in [3.05, 3.63) is 90.0 Å². The number of hydrogen-bond acceptors (Lipinski definition) is 3. The van der Waals surface area contributed by atoms with Gasteiger partial charge in [0.05, 0.1) is 12.5 Å². The monoisotopic (exact) mass is 442 g/mol. The highest BCUT2D eigenvalue weighted by atomic mass is 16.5. The molecule has 1 aliphatic rings. The summed E-state index contributed by atoms with van der Waals surface area (Å²) in [6.45, 7) is 1.01. The fourth-order valence-corrected chi connectivity index (χ4v) is 4.86. The van der Waals surface area contributed by atoms with Crippen molar-refractivity contribution in [1.82, 2.24) is 10.2 Å². The molecule has 4 rings (SSSR count). The number of piperidine rings is 1. The van der Waals surface area contributed by atoms with Crippen LogP contribution in [0.4, 0.5) is 0 Å². The van der Waals surface area contributed by atoms with Crippen LogP contribution in [0.25, 0.3) is 11.1 Å². The Balaban J connectivity index is 1.66. The van der Waals surface area contributed by atoms with Gasteiger partial charge in [0.2, 0.25) is 5.91 Å². The molecule has 5 nitrogen and oxygen atoms in total. The third-order valence-corrected chi connectivity index (χ3v) is 6.52. The molecule has 5 heteroatoms. The molecule has 1 aliphatic heterocycles. The lowest BCUT2D eigenvalue weighted by Crippen LogP contribution is -2.54. The van der Waals surface area contributed by atoms with Gasteiger partial charge in [-0.1, -0.05) is 60.7 Å². The molecule has 1 saturated heterocycles. The Morgan fingerprint density at radius 3 is 2.52 bits per heavy atom. The van der Waals surface area contributed by atoms with Crippen molar-refractivity contribution in [2.45, 2.75) is 19.3 Å². The Morgan fingerprint density at radius 2 is 1.76 bits per heavy atom. The maximum absolute atomic E-state index is 13.3. The summed E-state index contributed by atoms with van der Waals surface area (Å²) in [4.78, 5) is 28.4. The second-order valence-electron chi connectivity index (χ2n) is 8.62. The van der Waals surface area contributed by atoms with Gasteiger partial charge in [-0.25, -0.2) is 0 Å². The largest absolute Gasteiger partial charge is 0.497 e. The van der Waals surface area contributed by atoms with Crippen molar-refractivity contribution < 1.29 is 14.3 Å². The Labute approximate surface area is 195 Å². The van der Waals surface area contributed by atoms with Crippen LogP contribution >= 0.6 is 0 Å². The molecule has 0 saturated carbocycles. The normalized spacial score (nSPS) is 17.9. The number of nitrogens with zero attached hydrogens (tertiary/aromatic N) is 1. The number of benzene rings is 3. The van der Waals surface area contributed by atoms with Crippen molar-refractivity contribution in [3.8, 4) is 16.9 Å². The standard InChI is InChI=1S/C28H30N2O3/c1-29-27(32)28(19-23-12-6-7-15-25(23)21-10-4-3-5-11-21)16-9-17-30(20-28)26(31)22-13-8-14-24(18-22)33-2/h3-8,10-15,18H,9,16-17,19-20H2,1-2H3,(H,29,32)/t28-/m0/s1. The van der Waals surface area contributed by atoms with E-state index in [1.165, 1.54) is 0 Å². The van der Waals surface area contributed by atoms with Gasteiger partial charge in [-0.2, -0.15) is 0 Å².